The molecular weight excluding hydrogens is 653 g/mol. The van der Waals surface area contributed by atoms with Gasteiger partial charge in [-0.05, 0) is 88.5 Å². The van der Waals surface area contributed by atoms with Crippen molar-refractivity contribution in [3.8, 4) is 0 Å². The molecule has 4 aromatic heterocycles. The number of aromatic nitrogens is 4. The number of hydrogen-bond donors (Lipinski definition) is 5. The van der Waals surface area contributed by atoms with E-state index in [-0.39, 0.29) is 5.57 Å². The van der Waals surface area contributed by atoms with E-state index in [1.165, 1.54) is 0 Å². The standard InChI is InChI=1S/C47H34N4O2/c52-47(53)37(28-30-10-4-1-5-11-30)31-16-18-34(19-17-31)46-39-23-21-36(49-39)29-35-20-22-38(48-35)44(32-12-6-2-7-13-32)40-24-25-41(50-40)45(33-14-8-3-9-15-33)42-26-27-43(46)51-42/h1-29,48-51H,(H,52,53). The topological polar surface area (TPSA) is 100 Å². The lowest BCUT2D eigenvalue weighted by Crippen LogP contribution is -2.18. The molecule has 1 aliphatic rings. The molecule has 4 aromatic carbocycles. The highest BCUT2D eigenvalue weighted by Gasteiger charge is 2.17. The van der Waals surface area contributed by atoms with E-state index in [4.69, 9.17) is 0 Å². The summed E-state index contributed by atoms with van der Waals surface area (Å²) in [6, 6.07) is 55.1. The third-order valence-corrected chi connectivity index (χ3v) is 9.67. The second-order valence-corrected chi connectivity index (χ2v) is 13.1. The number of carboxylic acids is 1. The lowest BCUT2D eigenvalue weighted by molar-refractivity contribution is -0.130. The molecule has 254 valence electrons. The molecule has 0 atom stereocenters. The molecule has 0 spiro atoms. The van der Waals surface area contributed by atoms with Crippen LogP contribution in [0.1, 0.15) is 50.6 Å². The predicted octanol–water partition coefficient (Wildman–Crippen LogP) is 6.51. The summed E-state index contributed by atoms with van der Waals surface area (Å²) in [6.07, 6.45) is 3.82. The number of hydrogen-bond acceptors (Lipinski definition) is 1. The third kappa shape index (κ3) is 6.19. The molecule has 6 nitrogen and oxygen atoms in total. The van der Waals surface area contributed by atoms with Crippen molar-refractivity contribution in [1.82, 2.24) is 19.9 Å². The van der Waals surface area contributed by atoms with Crippen molar-refractivity contribution >= 4 is 40.4 Å². The van der Waals surface area contributed by atoms with Crippen LogP contribution >= 0.6 is 0 Å². The maximum atomic E-state index is 12.4. The van der Waals surface area contributed by atoms with E-state index in [2.05, 4.69) is 123 Å². The van der Waals surface area contributed by atoms with Crippen LogP contribution in [0.2, 0.25) is 0 Å². The smallest absolute Gasteiger partial charge is 0.336 e. The molecule has 6 heteroatoms. The molecule has 0 saturated carbocycles. The van der Waals surface area contributed by atoms with E-state index in [9.17, 15) is 9.90 Å². The number of aromatic amines is 4. The monoisotopic (exact) mass is 686 g/mol. The number of H-pyrrole nitrogens is 4. The Hall–Kier alpha value is -7.31. The number of carbonyl (C=O) groups is 1. The van der Waals surface area contributed by atoms with Gasteiger partial charge in [0.1, 0.15) is 0 Å². The molecule has 0 radical (unpaired) electrons. The number of rotatable bonds is 6. The van der Waals surface area contributed by atoms with Gasteiger partial charge in [0.2, 0.25) is 0 Å². The van der Waals surface area contributed by atoms with Gasteiger partial charge in [-0.1, -0.05) is 115 Å². The summed E-state index contributed by atoms with van der Waals surface area (Å²) in [7, 11) is 0. The molecule has 53 heavy (non-hydrogen) atoms. The third-order valence-electron chi connectivity index (χ3n) is 9.67. The second-order valence-electron chi connectivity index (χ2n) is 13.1. The Balaban J connectivity index is 1.27. The molecule has 0 amide bonds. The summed E-state index contributed by atoms with van der Waals surface area (Å²) < 4.78 is 0. The molecule has 0 saturated heterocycles. The van der Waals surface area contributed by atoms with Gasteiger partial charge in [0, 0.05) is 60.9 Å². The summed E-state index contributed by atoms with van der Waals surface area (Å²) in [5.74, 6) is -0.977. The molecule has 5 N–H and O–H groups in total. The fourth-order valence-electron chi connectivity index (χ4n) is 7.20. The summed E-state index contributed by atoms with van der Waals surface area (Å²) in [4.78, 5) is 27.3. The molecular formula is C47H34N4O2. The van der Waals surface area contributed by atoms with Crippen molar-refractivity contribution in [3.63, 3.8) is 0 Å². The van der Waals surface area contributed by atoms with Crippen LogP contribution in [0.3, 0.4) is 0 Å². The summed E-state index contributed by atoms with van der Waals surface area (Å²) >= 11 is 0. The van der Waals surface area contributed by atoms with Crippen LogP contribution in [-0.2, 0) is 4.79 Å². The largest absolute Gasteiger partial charge is 0.478 e. The number of nitrogens with one attached hydrogen (secondary N) is 4. The molecule has 8 aromatic rings. The lowest BCUT2D eigenvalue weighted by Gasteiger charge is -2.10. The number of carboxylic acid groups (broad SMARTS) is 1. The molecule has 8 bridgehead atoms. The predicted molar refractivity (Wildman–Crippen MR) is 211 cm³/mol. The van der Waals surface area contributed by atoms with Crippen molar-refractivity contribution in [3.05, 3.63) is 236 Å². The first-order chi connectivity index (χ1) is 26.1. The van der Waals surface area contributed by atoms with Crippen molar-refractivity contribution in [2.45, 2.75) is 0 Å². The summed E-state index contributed by atoms with van der Waals surface area (Å²) in [5, 5.41) is 14.0. The first-order valence-electron chi connectivity index (χ1n) is 17.5. The van der Waals surface area contributed by atoms with Crippen LogP contribution in [0.25, 0.3) is 34.4 Å². The minimum atomic E-state index is -0.977. The average Bonchev–Trinajstić information content (AvgIpc) is 4.03. The van der Waals surface area contributed by atoms with Gasteiger partial charge in [0.05, 0.1) is 5.57 Å². The normalized spacial score (nSPS) is 12.8. The van der Waals surface area contributed by atoms with Gasteiger partial charge < -0.3 is 25.0 Å². The van der Waals surface area contributed by atoms with Crippen LogP contribution in [0, 0.1) is 0 Å². The Morgan fingerprint density at radius 3 is 1.53 bits per heavy atom. The van der Waals surface area contributed by atoms with Crippen molar-refractivity contribution < 1.29 is 9.90 Å². The molecule has 5 heterocycles. The number of aliphatic carboxylic acids is 1. The SMILES string of the molecule is O=C(O)C(=Cc1ccccc1)c1ccc(C2=c3ccc([nH]3)=Cc3ccc([nH]3)C(c3ccccc3)=c3ccc([nH]3)=C(c3ccccc3)c3ccc2[nH]3)cc1. The highest BCUT2D eigenvalue weighted by atomic mass is 16.4. The average molecular weight is 687 g/mol. The fraction of sp³-hybridized carbons (Fsp3) is 0. The van der Waals surface area contributed by atoms with Crippen LogP contribution in [0.15, 0.2) is 164 Å². The molecule has 0 aliphatic carbocycles. The van der Waals surface area contributed by atoms with Gasteiger partial charge in [0.15, 0.2) is 0 Å². The molecule has 9 rings (SSSR count). The van der Waals surface area contributed by atoms with Gasteiger partial charge in [-0.2, -0.15) is 0 Å². The van der Waals surface area contributed by atoms with E-state index < -0.39 is 5.97 Å². The zero-order valence-corrected chi connectivity index (χ0v) is 28.6. The Morgan fingerprint density at radius 2 is 0.943 bits per heavy atom. The van der Waals surface area contributed by atoms with E-state index in [1.54, 1.807) is 6.08 Å². The van der Waals surface area contributed by atoms with E-state index in [0.29, 0.717) is 5.56 Å². The van der Waals surface area contributed by atoms with Crippen LogP contribution < -0.4 is 21.4 Å². The molecule has 0 unspecified atom stereocenters. The quantitative estimate of drug-likeness (QED) is 0.102. The Labute approximate surface area is 305 Å². The maximum Gasteiger partial charge on any atom is 0.336 e. The van der Waals surface area contributed by atoms with Gasteiger partial charge in [-0.3, -0.25) is 0 Å². The van der Waals surface area contributed by atoms with Crippen molar-refractivity contribution in [2.75, 3.05) is 0 Å². The zero-order valence-electron chi connectivity index (χ0n) is 28.6. The van der Waals surface area contributed by atoms with Crippen LogP contribution in [0.4, 0.5) is 0 Å². The maximum absolute atomic E-state index is 12.4. The highest BCUT2D eigenvalue weighted by molar-refractivity contribution is 6.20. The van der Waals surface area contributed by atoms with Gasteiger partial charge in [-0.15, -0.1) is 0 Å². The van der Waals surface area contributed by atoms with Gasteiger partial charge in [0.25, 0.3) is 0 Å². The van der Waals surface area contributed by atoms with Gasteiger partial charge >= 0.3 is 5.97 Å². The second kappa shape index (κ2) is 13.4. The van der Waals surface area contributed by atoms with Crippen LogP contribution in [0.5, 0.6) is 0 Å². The molecule has 1 aliphatic heterocycles. The highest BCUT2D eigenvalue weighted by Crippen LogP contribution is 2.28. The Morgan fingerprint density at radius 1 is 0.453 bits per heavy atom. The minimum Gasteiger partial charge on any atom is -0.478 e. The van der Waals surface area contributed by atoms with E-state index in [1.807, 2.05) is 66.7 Å². The summed E-state index contributed by atoms with van der Waals surface area (Å²) in [6.45, 7) is 0. The Kier molecular flexibility index (Phi) is 8.02. The number of fused-ring (bicyclic) bond motifs is 8. The minimum absolute atomic E-state index is 0.232. The zero-order chi connectivity index (χ0) is 35.7. The van der Waals surface area contributed by atoms with Crippen molar-refractivity contribution in [1.29, 1.82) is 0 Å². The van der Waals surface area contributed by atoms with E-state index >= 15 is 0 Å². The molecule has 0 fully saturated rings. The van der Waals surface area contributed by atoms with Crippen LogP contribution in [-0.4, -0.2) is 31.0 Å². The Bertz CT molecular complexity index is 2890. The summed E-state index contributed by atoms with van der Waals surface area (Å²) in [5.41, 5.74) is 11.8. The fourth-order valence-corrected chi connectivity index (χ4v) is 7.20. The lowest BCUT2D eigenvalue weighted by atomic mass is 9.97. The van der Waals surface area contributed by atoms with Crippen molar-refractivity contribution in [2.24, 2.45) is 0 Å². The first kappa shape index (κ1) is 31.7. The van der Waals surface area contributed by atoms with Gasteiger partial charge in [-0.25, -0.2) is 4.79 Å². The number of benzene rings is 4. The first-order valence-corrected chi connectivity index (χ1v) is 17.5. The van der Waals surface area contributed by atoms with E-state index in [0.717, 1.165) is 83.1 Å².